The van der Waals surface area contributed by atoms with Gasteiger partial charge in [-0.2, -0.15) is 0 Å². The van der Waals surface area contributed by atoms with E-state index in [-0.39, 0.29) is 37.5 Å². The molecule has 0 aliphatic rings. The van der Waals surface area contributed by atoms with Crippen LogP contribution in [0.25, 0.3) is 0 Å². The molecule has 0 amide bonds. The molecule has 0 saturated carbocycles. The number of esters is 3. The molecule has 0 aliphatic heterocycles. The summed E-state index contributed by atoms with van der Waals surface area (Å²) in [6.07, 6.45) is 60.7. The van der Waals surface area contributed by atoms with Crippen molar-refractivity contribution in [1.82, 2.24) is 0 Å². The highest BCUT2D eigenvalue weighted by Gasteiger charge is 2.19. The van der Waals surface area contributed by atoms with Gasteiger partial charge < -0.3 is 14.2 Å². The van der Waals surface area contributed by atoms with Crippen molar-refractivity contribution in [2.45, 2.75) is 258 Å². The molecule has 352 valence electrons. The van der Waals surface area contributed by atoms with E-state index in [4.69, 9.17) is 14.2 Å². The van der Waals surface area contributed by atoms with Gasteiger partial charge in [-0.1, -0.05) is 236 Å². The van der Waals surface area contributed by atoms with Crippen LogP contribution in [0.15, 0.2) is 60.8 Å². The Kier molecular flexibility index (Phi) is 47.4. The molecule has 0 radical (unpaired) electrons. The Hall–Kier alpha value is -2.89. The number of carbonyl (C=O) groups excluding carboxylic acids is 3. The summed E-state index contributed by atoms with van der Waals surface area (Å²) in [5, 5.41) is 0. The number of hydrogen-bond acceptors (Lipinski definition) is 6. The summed E-state index contributed by atoms with van der Waals surface area (Å²) in [4.78, 5) is 37.9. The van der Waals surface area contributed by atoms with Gasteiger partial charge in [0.25, 0.3) is 0 Å². The van der Waals surface area contributed by atoms with Crippen molar-refractivity contribution in [1.29, 1.82) is 0 Å². The first kappa shape index (κ1) is 58.1. The maximum absolute atomic E-state index is 12.8. The first-order valence-corrected chi connectivity index (χ1v) is 25.8. The van der Waals surface area contributed by atoms with Crippen LogP contribution in [-0.2, 0) is 28.6 Å². The lowest BCUT2D eigenvalue weighted by Gasteiger charge is -2.18. The highest BCUT2D eigenvalue weighted by atomic mass is 16.6. The van der Waals surface area contributed by atoms with Crippen LogP contribution in [0.1, 0.15) is 252 Å². The van der Waals surface area contributed by atoms with Crippen LogP contribution in [0.2, 0.25) is 0 Å². The molecular weight excluding hydrogens is 757 g/mol. The normalized spacial score (nSPS) is 12.5. The van der Waals surface area contributed by atoms with Crippen LogP contribution in [0.3, 0.4) is 0 Å². The molecule has 0 saturated heterocycles. The molecule has 0 rings (SSSR count). The van der Waals surface area contributed by atoms with Gasteiger partial charge in [0.05, 0.1) is 0 Å². The van der Waals surface area contributed by atoms with Crippen LogP contribution in [-0.4, -0.2) is 37.2 Å². The Labute approximate surface area is 377 Å². The molecule has 0 fully saturated rings. The average molecular weight is 853 g/mol. The number of rotatable bonds is 46. The summed E-state index contributed by atoms with van der Waals surface area (Å²) in [6.45, 7) is 6.48. The number of hydrogen-bond donors (Lipinski definition) is 0. The van der Waals surface area contributed by atoms with Gasteiger partial charge in [-0.15, -0.1) is 0 Å². The van der Waals surface area contributed by atoms with E-state index in [0.717, 1.165) is 77.0 Å². The van der Waals surface area contributed by atoms with Gasteiger partial charge in [0.2, 0.25) is 0 Å². The Morgan fingerprint density at radius 1 is 0.344 bits per heavy atom. The molecule has 0 spiro atoms. The summed E-state index contributed by atoms with van der Waals surface area (Å²) < 4.78 is 16.7. The lowest BCUT2D eigenvalue weighted by molar-refractivity contribution is -0.167. The van der Waals surface area contributed by atoms with E-state index < -0.39 is 6.10 Å². The van der Waals surface area contributed by atoms with Crippen LogP contribution >= 0.6 is 0 Å². The van der Waals surface area contributed by atoms with E-state index in [2.05, 4.69) is 81.5 Å². The smallest absolute Gasteiger partial charge is 0.306 e. The second-order valence-corrected chi connectivity index (χ2v) is 17.1. The van der Waals surface area contributed by atoms with Crippen molar-refractivity contribution in [3.8, 4) is 0 Å². The van der Waals surface area contributed by atoms with Gasteiger partial charge >= 0.3 is 17.9 Å². The van der Waals surface area contributed by atoms with Crippen molar-refractivity contribution >= 4 is 17.9 Å². The lowest BCUT2D eigenvalue weighted by Crippen LogP contribution is -2.30. The topological polar surface area (TPSA) is 78.9 Å². The summed E-state index contributed by atoms with van der Waals surface area (Å²) in [6, 6.07) is 0. The maximum atomic E-state index is 12.8. The summed E-state index contributed by atoms with van der Waals surface area (Å²) in [7, 11) is 0. The molecule has 0 aromatic rings. The van der Waals surface area contributed by atoms with Crippen molar-refractivity contribution < 1.29 is 28.6 Å². The SMILES string of the molecule is CC/C=C\C/C=C\C/C=C\C/C=C\C/C=C\CCCC(=O)OC[C@@H](COC(=O)CCCCCCCCCCCC)OC(=O)CCCCCCCCCCCCCCCCCC. The Morgan fingerprint density at radius 2 is 0.639 bits per heavy atom. The molecule has 0 bridgehead atoms. The van der Waals surface area contributed by atoms with E-state index in [1.165, 1.54) is 128 Å². The van der Waals surface area contributed by atoms with E-state index >= 15 is 0 Å². The van der Waals surface area contributed by atoms with Crippen LogP contribution in [0.4, 0.5) is 0 Å². The maximum Gasteiger partial charge on any atom is 0.306 e. The van der Waals surface area contributed by atoms with Crippen molar-refractivity contribution in [3.05, 3.63) is 60.8 Å². The minimum Gasteiger partial charge on any atom is -0.462 e. The third kappa shape index (κ3) is 48.0. The van der Waals surface area contributed by atoms with Gasteiger partial charge in [0.15, 0.2) is 6.10 Å². The molecule has 0 aliphatic carbocycles. The van der Waals surface area contributed by atoms with Crippen molar-refractivity contribution in [2.75, 3.05) is 13.2 Å². The molecule has 6 nitrogen and oxygen atoms in total. The predicted molar refractivity (Wildman–Crippen MR) is 261 cm³/mol. The van der Waals surface area contributed by atoms with Gasteiger partial charge in [-0.25, -0.2) is 0 Å². The molecule has 1 atom stereocenters. The largest absolute Gasteiger partial charge is 0.462 e. The highest BCUT2D eigenvalue weighted by molar-refractivity contribution is 5.71. The molecule has 0 unspecified atom stereocenters. The third-order valence-electron chi connectivity index (χ3n) is 11.0. The zero-order chi connectivity index (χ0) is 44.4. The molecular formula is C55H96O6. The summed E-state index contributed by atoms with van der Waals surface area (Å²) in [5.74, 6) is -0.944. The quantitative estimate of drug-likeness (QED) is 0.0263. The molecule has 6 heteroatoms. The fraction of sp³-hybridized carbons (Fsp3) is 0.764. The van der Waals surface area contributed by atoms with Crippen LogP contribution in [0.5, 0.6) is 0 Å². The first-order valence-electron chi connectivity index (χ1n) is 25.8. The average Bonchev–Trinajstić information content (AvgIpc) is 3.26. The lowest BCUT2D eigenvalue weighted by atomic mass is 10.0. The third-order valence-corrected chi connectivity index (χ3v) is 11.0. The molecule has 0 aromatic carbocycles. The molecule has 0 heterocycles. The summed E-state index contributed by atoms with van der Waals surface area (Å²) >= 11 is 0. The molecule has 61 heavy (non-hydrogen) atoms. The van der Waals surface area contributed by atoms with Gasteiger partial charge in [0.1, 0.15) is 13.2 Å². The molecule has 0 aromatic heterocycles. The van der Waals surface area contributed by atoms with Gasteiger partial charge in [-0.05, 0) is 57.8 Å². The minimum atomic E-state index is -0.792. The predicted octanol–water partition coefficient (Wildman–Crippen LogP) is 16.9. The zero-order valence-corrected chi connectivity index (χ0v) is 40.2. The number of ether oxygens (including phenoxy) is 3. The fourth-order valence-corrected chi connectivity index (χ4v) is 7.18. The Bertz CT molecular complexity index is 1120. The van der Waals surface area contributed by atoms with E-state index in [9.17, 15) is 14.4 Å². The second-order valence-electron chi connectivity index (χ2n) is 17.1. The van der Waals surface area contributed by atoms with Crippen molar-refractivity contribution in [3.63, 3.8) is 0 Å². The Balaban J connectivity index is 4.42. The van der Waals surface area contributed by atoms with Gasteiger partial charge in [-0.3, -0.25) is 14.4 Å². The minimum absolute atomic E-state index is 0.0887. The van der Waals surface area contributed by atoms with E-state index in [1.807, 2.05) is 0 Å². The Morgan fingerprint density at radius 3 is 1.00 bits per heavy atom. The second kappa shape index (κ2) is 49.8. The molecule has 0 N–H and O–H groups in total. The number of allylic oxidation sites excluding steroid dienone is 10. The monoisotopic (exact) mass is 853 g/mol. The summed E-state index contributed by atoms with van der Waals surface area (Å²) in [5.41, 5.74) is 0. The van der Waals surface area contributed by atoms with Crippen LogP contribution in [0, 0.1) is 0 Å². The van der Waals surface area contributed by atoms with E-state index in [0.29, 0.717) is 19.3 Å². The van der Waals surface area contributed by atoms with Crippen molar-refractivity contribution in [2.24, 2.45) is 0 Å². The fourth-order valence-electron chi connectivity index (χ4n) is 7.18. The number of unbranched alkanes of at least 4 members (excludes halogenated alkanes) is 25. The van der Waals surface area contributed by atoms with Crippen LogP contribution < -0.4 is 0 Å². The number of carbonyl (C=O) groups is 3. The van der Waals surface area contributed by atoms with E-state index in [1.54, 1.807) is 0 Å². The first-order chi connectivity index (χ1) is 30.0. The standard InChI is InChI=1S/C55H96O6/c1-4-7-10-13-16-19-22-24-26-28-30-31-33-36-39-42-45-48-54(57)60-51-52(50-59-53(56)47-44-41-38-35-21-18-15-12-9-6-3)61-55(58)49-46-43-40-37-34-32-29-27-25-23-20-17-14-11-8-5-2/h7,10,16,19,24,26,30-31,36,39,52H,4-6,8-9,11-15,17-18,20-23,25,27-29,32-35,37-38,40-51H2,1-3H3/b10-7-,19-16-,26-24-,31-30-,39-36-/t52-/m1/s1. The zero-order valence-electron chi connectivity index (χ0n) is 40.2. The van der Waals surface area contributed by atoms with Gasteiger partial charge in [0, 0.05) is 19.3 Å². The highest BCUT2D eigenvalue weighted by Crippen LogP contribution is 2.15.